The maximum Gasteiger partial charge on any atom is 0.255 e. The normalized spacial score (nSPS) is 11.8. The smallest absolute Gasteiger partial charge is 0.255 e. The highest BCUT2D eigenvalue weighted by molar-refractivity contribution is 7.13. The number of aromatic amines is 1. The molecule has 2 aromatic carbocycles. The largest absolute Gasteiger partial charge is 0.322 e. The van der Waals surface area contributed by atoms with E-state index in [0.717, 1.165) is 34.6 Å². The van der Waals surface area contributed by atoms with E-state index in [2.05, 4.69) is 27.0 Å². The zero-order valence-corrected chi connectivity index (χ0v) is 14.6. The fraction of sp³-hybridized carbons (Fsp3) is 0.0476. The van der Waals surface area contributed by atoms with Crippen molar-refractivity contribution in [3.8, 4) is 21.8 Å². The van der Waals surface area contributed by atoms with Crippen LogP contribution >= 0.6 is 11.3 Å². The minimum atomic E-state index is -0.0939. The molecule has 4 nitrogen and oxygen atoms in total. The maximum absolute atomic E-state index is 12.5. The lowest BCUT2D eigenvalue weighted by molar-refractivity contribution is 0.102. The first-order valence-corrected chi connectivity index (χ1v) is 9.28. The number of fused-ring (bicyclic) bond motifs is 3. The molecule has 0 aliphatic heterocycles. The summed E-state index contributed by atoms with van der Waals surface area (Å²) in [4.78, 5) is 13.7. The number of hydrogen-bond acceptors (Lipinski definition) is 3. The number of benzene rings is 2. The van der Waals surface area contributed by atoms with Gasteiger partial charge in [0.15, 0.2) is 0 Å². The SMILES string of the molecule is O=C(Nc1ccccc1)c1ccc2c(c1)Cc1c-2n[nH]c1-c1cccs1. The third-order valence-corrected chi connectivity index (χ3v) is 5.54. The predicted molar refractivity (Wildman–Crippen MR) is 105 cm³/mol. The monoisotopic (exact) mass is 357 g/mol. The molecule has 0 radical (unpaired) electrons. The zero-order chi connectivity index (χ0) is 17.5. The topological polar surface area (TPSA) is 57.8 Å². The molecule has 1 aliphatic rings. The van der Waals surface area contributed by atoms with Crippen molar-refractivity contribution in [1.29, 1.82) is 0 Å². The van der Waals surface area contributed by atoms with Crippen LogP contribution in [0.15, 0.2) is 66.0 Å². The number of carbonyl (C=O) groups is 1. The number of thiophene rings is 1. The average molecular weight is 357 g/mol. The molecule has 0 saturated carbocycles. The Bertz CT molecular complexity index is 1100. The van der Waals surface area contributed by atoms with Crippen LogP contribution in [0.1, 0.15) is 21.5 Å². The lowest BCUT2D eigenvalue weighted by atomic mass is 10.0. The number of hydrogen-bond donors (Lipinski definition) is 2. The van der Waals surface area contributed by atoms with Gasteiger partial charge in [0.25, 0.3) is 5.91 Å². The molecule has 2 heterocycles. The van der Waals surface area contributed by atoms with Crippen molar-refractivity contribution in [2.45, 2.75) is 6.42 Å². The van der Waals surface area contributed by atoms with Gasteiger partial charge in [-0.25, -0.2) is 0 Å². The molecular formula is C21H15N3OS. The first kappa shape index (κ1) is 15.1. The lowest BCUT2D eigenvalue weighted by Crippen LogP contribution is -2.12. The molecule has 2 aromatic heterocycles. The Balaban J connectivity index is 1.45. The summed E-state index contributed by atoms with van der Waals surface area (Å²) >= 11 is 1.70. The van der Waals surface area contributed by atoms with E-state index in [-0.39, 0.29) is 5.91 Å². The Morgan fingerprint density at radius 1 is 1.08 bits per heavy atom. The Hall–Kier alpha value is -3.18. The van der Waals surface area contributed by atoms with Gasteiger partial charge in [0, 0.05) is 28.8 Å². The molecule has 0 unspecified atom stereocenters. The van der Waals surface area contributed by atoms with Crippen molar-refractivity contribution in [1.82, 2.24) is 10.2 Å². The van der Waals surface area contributed by atoms with Gasteiger partial charge in [0.2, 0.25) is 0 Å². The number of H-pyrrole nitrogens is 1. The minimum Gasteiger partial charge on any atom is -0.322 e. The lowest BCUT2D eigenvalue weighted by Gasteiger charge is -2.07. The number of para-hydroxylation sites is 1. The molecule has 0 atom stereocenters. The fourth-order valence-corrected chi connectivity index (χ4v) is 4.16. The first-order chi connectivity index (χ1) is 12.8. The van der Waals surface area contributed by atoms with E-state index in [9.17, 15) is 4.79 Å². The van der Waals surface area contributed by atoms with Crippen LogP contribution in [0.4, 0.5) is 5.69 Å². The molecule has 0 fully saturated rings. The molecule has 1 aliphatic carbocycles. The van der Waals surface area contributed by atoms with Crippen LogP contribution < -0.4 is 5.32 Å². The summed E-state index contributed by atoms with van der Waals surface area (Å²) in [6, 6.07) is 19.5. The average Bonchev–Trinajstić information content (AvgIpc) is 3.38. The predicted octanol–water partition coefficient (Wildman–Crippen LogP) is 4.96. The Kier molecular flexibility index (Phi) is 3.47. The number of nitrogens with one attached hydrogen (secondary N) is 2. The maximum atomic E-state index is 12.5. The quantitative estimate of drug-likeness (QED) is 0.479. The van der Waals surface area contributed by atoms with E-state index < -0.39 is 0 Å². The van der Waals surface area contributed by atoms with Crippen molar-refractivity contribution < 1.29 is 4.79 Å². The Morgan fingerprint density at radius 3 is 2.77 bits per heavy atom. The standard InChI is InChI=1S/C21H15N3OS/c25-21(22-15-5-2-1-3-6-15)13-8-9-16-14(11-13)12-17-19(16)23-24-20(17)18-7-4-10-26-18/h1-11H,12H2,(H,22,25)(H,23,24). The second-order valence-corrected chi connectivity index (χ2v) is 7.22. The summed E-state index contributed by atoms with van der Waals surface area (Å²) in [7, 11) is 0. The van der Waals surface area contributed by atoms with Crippen LogP contribution in [0.2, 0.25) is 0 Å². The molecule has 126 valence electrons. The fourth-order valence-electron chi connectivity index (χ4n) is 3.41. The zero-order valence-electron chi connectivity index (χ0n) is 13.8. The minimum absolute atomic E-state index is 0.0939. The Morgan fingerprint density at radius 2 is 1.96 bits per heavy atom. The number of carbonyl (C=O) groups excluding carboxylic acids is 1. The van der Waals surface area contributed by atoms with E-state index in [1.807, 2.05) is 54.6 Å². The van der Waals surface area contributed by atoms with Gasteiger partial charge >= 0.3 is 0 Å². The molecule has 5 rings (SSSR count). The second-order valence-electron chi connectivity index (χ2n) is 6.27. The van der Waals surface area contributed by atoms with E-state index in [1.165, 1.54) is 10.4 Å². The molecule has 0 saturated heterocycles. The van der Waals surface area contributed by atoms with Gasteiger partial charge in [-0.15, -0.1) is 11.3 Å². The third kappa shape index (κ3) is 2.45. The van der Waals surface area contributed by atoms with E-state index in [4.69, 9.17) is 0 Å². The molecule has 1 amide bonds. The van der Waals surface area contributed by atoms with Gasteiger partial charge in [-0.1, -0.05) is 30.3 Å². The summed E-state index contributed by atoms with van der Waals surface area (Å²) in [6.07, 6.45) is 0.793. The molecule has 0 spiro atoms. The summed E-state index contributed by atoms with van der Waals surface area (Å²) in [5, 5.41) is 12.7. The van der Waals surface area contributed by atoms with Crippen molar-refractivity contribution >= 4 is 22.9 Å². The van der Waals surface area contributed by atoms with E-state index in [1.54, 1.807) is 11.3 Å². The highest BCUT2D eigenvalue weighted by Gasteiger charge is 2.26. The van der Waals surface area contributed by atoms with Gasteiger partial charge in [-0.05, 0) is 41.3 Å². The van der Waals surface area contributed by atoms with Crippen LogP contribution in [0.5, 0.6) is 0 Å². The van der Waals surface area contributed by atoms with Crippen molar-refractivity contribution in [3.63, 3.8) is 0 Å². The van der Waals surface area contributed by atoms with Crippen molar-refractivity contribution in [2.24, 2.45) is 0 Å². The van der Waals surface area contributed by atoms with Crippen LogP contribution in [0.3, 0.4) is 0 Å². The Labute approximate surface area is 154 Å². The third-order valence-electron chi connectivity index (χ3n) is 4.66. The van der Waals surface area contributed by atoms with E-state index >= 15 is 0 Å². The highest BCUT2D eigenvalue weighted by Crippen LogP contribution is 2.41. The van der Waals surface area contributed by atoms with Gasteiger partial charge < -0.3 is 5.32 Å². The van der Waals surface area contributed by atoms with Crippen LogP contribution in [-0.4, -0.2) is 16.1 Å². The summed E-state index contributed by atoms with van der Waals surface area (Å²) in [5.74, 6) is -0.0939. The van der Waals surface area contributed by atoms with Gasteiger partial charge in [0.1, 0.15) is 0 Å². The van der Waals surface area contributed by atoms with Gasteiger partial charge in [-0.3, -0.25) is 9.89 Å². The first-order valence-electron chi connectivity index (χ1n) is 8.40. The van der Waals surface area contributed by atoms with Crippen LogP contribution in [-0.2, 0) is 6.42 Å². The van der Waals surface area contributed by atoms with Gasteiger partial charge in [-0.2, -0.15) is 5.10 Å². The number of amides is 1. The molecule has 5 heteroatoms. The van der Waals surface area contributed by atoms with E-state index in [0.29, 0.717) is 5.56 Å². The van der Waals surface area contributed by atoms with Crippen LogP contribution in [0, 0.1) is 0 Å². The number of rotatable bonds is 3. The van der Waals surface area contributed by atoms with Gasteiger partial charge in [0.05, 0.1) is 16.3 Å². The molecule has 2 N–H and O–H groups in total. The summed E-state index contributed by atoms with van der Waals surface area (Å²) in [6.45, 7) is 0. The molecular weight excluding hydrogens is 342 g/mol. The molecule has 0 bridgehead atoms. The van der Waals surface area contributed by atoms with Crippen molar-refractivity contribution in [2.75, 3.05) is 5.32 Å². The number of anilines is 1. The van der Waals surface area contributed by atoms with Crippen LogP contribution in [0.25, 0.3) is 21.8 Å². The number of aromatic nitrogens is 2. The summed E-state index contributed by atoms with van der Waals surface area (Å²) < 4.78 is 0. The molecule has 26 heavy (non-hydrogen) atoms. The van der Waals surface area contributed by atoms with Crippen molar-refractivity contribution in [3.05, 3.63) is 82.7 Å². The number of nitrogens with zero attached hydrogens (tertiary/aromatic N) is 1. The second kappa shape index (κ2) is 5.97. The molecule has 4 aromatic rings. The summed E-state index contributed by atoms with van der Waals surface area (Å²) in [5.41, 5.74) is 7.01. The highest BCUT2D eigenvalue weighted by atomic mass is 32.1.